The molecule has 0 heterocycles. The molecule has 0 radical (unpaired) electrons. The lowest BCUT2D eigenvalue weighted by Gasteiger charge is -2.22. The van der Waals surface area contributed by atoms with Gasteiger partial charge in [-0.1, -0.05) is 26.0 Å². The van der Waals surface area contributed by atoms with Crippen molar-refractivity contribution in [2.24, 2.45) is 5.92 Å². The molecule has 0 aliphatic rings. The summed E-state index contributed by atoms with van der Waals surface area (Å²) in [6.45, 7) is 3.70. The number of carbonyl (C=O) groups is 3. The first-order chi connectivity index (χ1) is 13.8. The minimum Gasteiger partial charge on any atom is -0.497 e. The Kier molecular flexibility index (Phi) is 7.77. The molecule has 2 amide bonds. The molecule has 29 heavy (non-hydrogen) atoms. The number of carboxylic acids is 1. The van der Waals surface area contributed by atoms with Gasteiger partial charge in [-0.25, -0.2) is 0 Å². The summed E-state index contributed by atoms with van der Waals surface area (Å²) in [6.07, 6.45) is 0.394. The van der Waals surface area contributed by atoms with E-state index in [-0.39, 0.29) is 24.2 Å². The summed E-state index contributed by atoms with van der Waals surface area (Å²) in [5.41, 5.74) is 1.80. The normalized spacial score (nSPS) is 11.6. The van der Waals surface area contributed by atoms with E-state index in [0.29, 0.717) is 23.4 Å². The van der Waals surface area contributed by atoms with Crippen LogP contribution in [0.1, 0.15) is 36.2 Å². The fourth-order valence-corrected chi connectivity index (χ4v) is 2.78. The summed E-state index contributed by atoms with van der Waals surface area (Å²) in [5.74, 6) is -1.05. The fourth-order valence-electron chi connectivity index (χ4n) is 2.78. The topological polar surface area (TPSA) is 105 Å². The average molecular weight is 398 g/mol. The molecule has 2 aromatic rings. The van der Waals surface area contributed by atoms with E-state index < -0.39 is 12.0 Å². The maximum atomic E-state index is 12.8. The third-order valence-corrected chi connectivity index (χ3v) is 4.41. The summed E-state index contributed by atoms with van der Waals surface area (Å²) in [4.78, 5) is 36.0. The minimum atomic E-state index is -0.874. The molecule has 7 nitrogen and oxygen atoms in total. The van der Waals surface area contributed by atoms with Crippen molar-refractivity contribution in [2.75, 3.05) is 12.4 Å². The van der Waals surface area contributed by atoms with Crippen LogP contribution in [0.5, 0.6) is 5.75 Å². The van der Waals surface area contributed by atoms with Crippen LogP contribution < -0.4 is 15.4 Å². The van der Waals surface area contributed by atoms with E-state index >= 15 is 0 Å². The summed E-state index contributed by atoms with van der Waals surface area (Å²) >= 11 is 0. The first-order valence-corrected chi connectivity index (χ1v) is 9.36. The second-order valence-electron chi connectivity index (χ2n) is 7.01. The summed E-state index contributed by atoms with van der Waals surface area (Å²) in [6, 6.07) is 12.9. The lowest BCUT2D eigenvalue weighted by molar-refractivity contribution is -0.137. The van der Waals surface area contributed by atoms with E-state index in [1.54, 1.807) is 49.6 Å². The van der Waals surface area contributed by atoms with Crippen LogP contribution in [0.25, 0.3) is 0 Å². The number of benzene rings is 2. The van der Waals surface area contributed by atoms with Crippen LogP contribution in [-0.2, 0) is 16.0 Å². The largest absolute Gasteiger partial charge is 0.497 e. The molecule has 7 heteroatoms. The van der Waals surface area contributed by atoms with Gasteiger partial charge in [-0.2, -0.15) is 0 Å². The van der Waals surface area contributed by atoms with Crippen molar-refractivity contribution in [2.45, 2.75) is 32.7 Å². The van der Waals surface area contributed by atoms with E-state index in [2.05, 4.69) is 10.6 Å². The van der Waals surface area contributed by atoms with Crippen LogP contribution in [0.4, 0.5) is 5.69 Å². The van der Waals surface area contributed by atoms with Gasteiger partial charge in [0.15, 0.2) is 0 Å². The Morgan fingerprint density at radius 1 is 1.07 bits per heavy atom. The van der Waals surface area contributed by atoms with E-state index in [1.165, 1.54) is 0 Å². The third kappa shape index (κ3) is 6.64. The number of hydrogen-bond acceptors (Lipinski definition) is 4. The summed E-state index contributed by atoms with van der Waals surface area (Å²) in [7, 11) is 1.55. The smallest absolute Gasteiger partial charge is 0.303 e. The molecule has 0 fully saturated rings. The monoisotopic (exact) mass is 398 g/mol. The molecule has 0 saturated carbocycles. The van der Waals surface area contributed by atoms with Crippen molar-refractivity contribution in [3.8, 4) is 5.75 Å². The number of anilines is 1. The lowest BCUT2D eigenvalue weighted by atomic mass is 10.0. The third-order valence-electron chi connectivity index (χ3n) is 4.41. The Hall–Kier alpha value is -3.35. The lowest BCUT2D eigenvalue weighted by Crippen LogP contribution is -2.47. The predicted octanol–water partition coefficient (Wildman–Crippen LogP) is 3.11. The highest BCUT2D eigenvalue weighted by Gasteiger charge is 2.25. The zero-order valence-corrected chi connectivity index (χ0v) is 16.8. The van der Waals surface area contributed by atoms with Gasteiger partial charge in [-0.15, -0.1) is 0 Å². The molecule has 0 aliphatic heterocycles. The zero-order valence-electron chi connectivity index (χ0n) is 16.8. The van der Waals surface area contributed by atoms with Crippen molar-refractivity contribution < 1.29 is 24.2 Å². The fraction of sp³-hybridized carbons (Fsp3) is 0.318. The summed E-state index contributed by atoms with van der Waals surface area (Å²) in [5, 5.41) is 14.4. The van der Waals surface area contributed by atoms with Crippen molar-refractivity contribution in [1.82, 2.24) is 5.32 Å². The molecule has 0 aromatic heterocycles. The molecule has 2 rings (SSSR count). The highest BCUT2D eigenvalue weighted by Crippen LogP contribution is 2.15. The van der Waals surface area contributed by atoms with Gasteiger partial charge >= 0.3 is 5.97 Å². The summed E-state index contributed by atoms with van der Waals surface area (Å²) < 4.78 is 5.08. The standard InChI is InChI=1S/C22H26N2O5/c1-14(2)20(24-21(27)16-8-10-18(29-3)11-9-16)22(28)23-17-6-4-5-15(13-17)7-12-19(25)26/h4-6,8-11,13-14,20H,7,12H2,1-3H3,(H,23,28)(H,24,27)(H,25,26). The SMILES string of the molecule is COc1ccc(C(=O)NC(C(=O)Nc2cccc(CCC(=O)O)c2)C(C)C)cc1. The second-order valence-corrected chi connectivity index (χ2v) is 7.01. The molecule has 3 N–H and O–H groups in total. The maximum absolute atomic E-state index is 12.8. The molecule has 0 aliphatic carbocycles. The molecule has 1 atom stereocenters. The van der Waals surface area contributed by atoms with Crippen LogP contribution in [0.2, 0.25) is 0 Å². The minimum absolute atomic E-state index is 0.0178. The van der Waals surface area contributed by atoms with Gasteiger partial charge in [0.2, 0.25) is 5.91 Å². The number of amides is 2. The van der Waals surface area contributed by atoms with Gasteiger partial charge in [-0.3, -0.25) is 14.4 Å². The number of ether oxygens (including phenoxy) is 1. The predicted molar refractivity (Wildman–Crippen MR) is 110 cm³/mol. The molecule has 154 valence electrons. The van der Waals surface area contributed by atoms with Crippen molar-refractivity contribution in [1.29, 1.82) is 0 Å². The van der Waals surface area contributed by atoms with Gasteiger partial charge in [0.1, 0.15) is 11.8 Å². The Balaban J connectivity index is 2.06. The Morgan fingerprint density at radius 2 is 1.76 bits per heavy atom. The van der Waals surface area contributed by atoms with Crippen LogP contribution >= 0.6 is 0 Å². The van der Waals surface area contributed by atoms with Gasteiger partial charge in [0.25, 0.3) is 5.91 Å². The molecular weight excluding hydrogens is 372 g/mol. The van der Waals surface area contributed by atoms with Crippen molar-refractivity contribution >= 4 is 23.5 Å². The average Bonchev–Trinajstić information content (AvgIpc) is 2.70. The van der Waals surface area contributed by atoms with Gasteiger partial charge < -0.3 is 20.5 Å². The van der Waals surface area contributed by atoms with E-state index in [0.717, 1.165) is 5.56 Å². The highest BCUT2D eigenvalue weighted by molar-refractivity contribution is 6.01. The zero-order chi connectivity index (χ0) is 21.4. The maximum Gasteiger partial charge on any atom is 0.303 e. The number of rotatable bonds is 9. The Labute approximate surface area is 170 Å². The number of nitrogens with one attached hydrogen (secondary N) is 2. The number of carboxylic acid groups (broad SMARTS) is 1. The first kappa shape index (κ1) is 21.9. The first-order valence-electron chi connectivity index (χ1n) is 9.36. The van der Waals surface area contributed by atoms with E-state index in [1.807, 2.05) is 19.9 Å². The van der Waals surface area contributed by atoms with E-state index in [9.17, 15) is 14.4 Å². The van der Waals surface area contributed by atoms with Crippen LogP contribution in [0.15, 0.2) is 48.5 Å². The van der Waals surface area contributed by atoms with Crippen LogP contribution in [0.3, 0.4) is 0 Å². The van der Waals surface area contributed by atoms with Gasteiger partial charge in [-0.05, 0) is 54.3 Å². The van der Waals surface area contributed by atoms with Crippen molar-refractivity contribution in [3.63, 3.8) is 0 Å². The number of methoxy groups -OCH3 is 1. The molecule has 0 saturated heterocycles. The quantitative estimate of drug-likeness (QED) is 0.602. The molecule has 0 bridgehead atoms. The van der Waals surface area contributed by atoms with Crippen LogP contribution in [0, 0.1) is 5.92 Å². The second kappa shape index (κ2) is 10.3. The number of aryl methyl sites for hydroxylation is 1. The number of hydrogen-bond donors (Lipinski definition) is 3. The molecular formula is C22H26N2O5. The van der Waals surface area contributed by atoms with Gasteiger partial charge in [0.05, 0.1) is 7.11 Å². The molecule has 2 aromatic carbocycles. The Morgan fingerprint density at radius 3 is 2.34 bits per heavy atom. The van der Waals surface area contributed by atoms with E-state index in [4.69, 9.17) is 9.84 Å². The highest BCUT2D eigenvalue weighted by atomic mass is 16.5. The van der Waals surface area contributed by atoms with Crippen LogP contribution in [-0.4, -0.2) is 36.0 Å². The van der Waals surface area contributed by atoms with Gasteiger partial charge in [0, 0.05) is 17.7 Å². The Bertz CT molecular complexity index is 862. The number of carbonyl (C=O) groups excluding carboxylic acids is 2. The van der Waals surface area contributed by atoms with Crippen molar-refractivity contribution in [3.05, 3.63) is 59.7 Å². The molecule has 0 spiro atoms. The molecule has 1 unspecified atom stereocenters. The number of aliphatic carboxylic acids is 1.